The third-order valence-corrected chi connectivity index (χ3v) is 2.75. The predicted octanol–water partition coefficient (Wildman–Crippen LogP) is 2.69. The fourth-order valence-corrected chi connectivity index (χ4v) is 1.90. The molecule has 16 heavy (non-hydrogen) atoms. The quantitative estimate of drug-likeness (QED) is 0.483. The molecule has 0 aliphatic carbocycles. The minimum atomic E-state index is -0.392. The molecule has 0 saturated heterocycles. The Morgan fingerprint density at radius 3 is 2.81 bits per heavy atom. The van der Waals surface area contributed by atoms with Crippen LogP contribution in [0.25, 0.3) is 5.69 Å². The Morgan fingerprint density at radius 2 is 2.25 bits per heavy atom. The van der Waals surface area contributed by atoms with Crippen molar-refractivity contribution in [1.29, 1.82) is 0 Å². The van der Waals surface area contributed by atoms with Gasteiger partial charge in [0.15, 0.2) is 0 Å². The monoisotopic (exact) mass is 329 g/mol. The van der Waals surface area contributed by atoms with Crippen LogP contribution in [0.15, 0.2) is 30.6 Å². The fraction of sp³-hybridized carbons (Fsp3) is 0.100. The first-order chi connectivity index (χ1) is 7.59. The molecule has 2 aromatic rings. The summed E-state index contributed by atoms with van der Waals surface area (Å²) in [6.45, 7) is 1.83. The minimum absolute atomic E-state index is 0.0690. The molecule has 1 aromatic carbocycles. The van der Waals surface area contributed by atoms with Crippen molar-refractivity contribution in [1.82, 2.24) is 9.78 Å². The average molecular weight is 329 g/mol. The van der Waals surface area contributed by atoms with E-state index in [4.69, 9.17) is 0 Å². The summed E-state index contributed by atoms with van der Waals surface area (Å²) in [6, 6.07) is 4.99. The van der Waals surface area contributed by atoms with Crippen LogP contribution in [-0.2, 0) is 0 Å². The molecular weight excluding hydrogens is 321 g/mol. The van der Waals surface area contributed by atoms with E-state index in [1.54, 1.807) is 18.5 Å². The molecular formula is C10H8IN3O2. The normalized spacial score (nSPS) is 10.4. The van der Waals surface area contributed by atoms with Gasteiger partial charge in [0, 0.05) is 12.3 Å². The molecule has 82 valence electrons. The zero-order valence-corrected chi connectivity index (χ0v) is 10.6. The standard InChI is InChI=1S/C10H8IN3O2/c1-7-3-2-4-9(14(15)16)10(7)13-6-8(11)5-12-13/h2-6H,1H3. The van der Waals surface area contributed by atoms with E-state index in [0.717, 1.165) is 9.13 Å². The van der Waals surface area contributed by atoms with E-state index < -0.39 is 4.92 Å². The molecule has 0 spiro atoms. The predicted molar refractivity (Wildman–Crippen MR) is 67.7 cm³/mol. The van der Waals surface area contributed by atoms with Crippen LogP contribution in [0.2, 0.25) is 0 Å². The Balaban J connectivity index is 2.67. The summed E-state index contributed by atoms with van der Waals surface area (Å²) in [5, 5.41) is 15.0. The van der Waals surface area contributed by atoms with Crippen molar-refractivity contribution >= 4 is 28.3 Å². The molecule has 0 bridgehead atoms. The number of halogens is 1. The Kier molecular flexibility index (Phi) is 2.90. The highest BCUT2D eigenvalue weighted by atomic mass is 127. The lowest BCUT2D eigenvalue weighted by Crippen LogP contribution is -2.02. The summed E-state index contributed by atoms with van der Waals surface area (Å²) in [4.78, 5) is 10.5. The van der Waals surface area contributed by atoms with Crippen molar-refractivity contribution in [3.63, 3.8) is 0 Å². The number of nitro groups is 1. The minimum Gasteiger partial charge on any atom is -0.258 e. The van der Waals surface area contributed by atoms with Crippen molar-refractivity contribution in [2.24, 2.45) is 0 Å². The number of aromatic nitrogens is 2. The summed E-state index contributed by atoms with van der Waals surface area (Å²) in [6.07, 6.45) is 3.42. The van der Waals surface area contributed by atoms with Gasteiger partial charge in [0.25, 0.3) is 5.69 Å². The summed E-state index contributed by atoms with van der Waals surface area (Å²) < 4.78 is 2.48. The zero-order valence-electron chi connectivity index (χ0n) is 8.42. The van der Waals surface area contributed by atoms with Gasteiger partial charge in [-0.2, -0.15) is 5.10 Å². The molecule has 1 aromatic heterocycles. The van der Waals surface area contributed by atoms with E-state index in [2.05, 4.69) is 27.7 Å². The van der Waals surface area contributed by atoms with Crippen LogP contribution in [0.1, 0.15) is 5.56 Å². The third-order valence-electron chi connectivity index (χ3n) is 2.19. The topological polar surface area (TPSA) is 61.0 Å². The fourth-order valence-electron chi connectivity index (χ4n) is 1.51. The van der Waals surface area contributed by atoms with Crippen molar-refractivity contribution < 1.29 is 4.92 Å². The first-order valence-corrected chi connectivity index (χ1v) is 5.62. The van der Waals surface area contributed by atoms with Crippen LogP contribution >= 0.6 is 22.6 Å². The highest BCUT2D eigenvalue weighted by Crippen LogP contribution is 2.25. The summed E-state index contributed by atoms with van der Waals surface area (Å²) in [7, 11) is 0. The van der Waals surface area contributed by atoms with E-state index in [1.807, 2.05) is 13.0 Å². The van der Waals surface area contributed by atoms with Gasteiger partial charge in [-0.3, -0.25) is 10.1 Å². The second kappa shape index (κ2) is 4.20. The van der Waals surface area contributed by atoms with Gasteiger partial charge in [-0.15, -0.1) is 0 Å². The maximum Gasteiger partial charge on any atom is 0.295 e. The SMILES string of the molecule is Cc1cccc([N+](=O)[O-])c1-n1cc(I)cn1. The zero-order chi connectivity index (χ0) is 11.7. The maximum atomic E-state index is 10.9. The molecule has 0 amide bonds. The summed E-state index contributed by atoms with van der Waals surface area (Å²) in [5.41, 5.74) is 1.42. The van der Waals surface area contributed by atoms with Crippen molar-refractivity contribution in [2.45, 2.75) is 6.92 Å². The lowest BCUT2D eigenvalue weighted by molar-refractivity contribution is -0.384. The van der Waals surface area contributed by atoms with Gasteiger partial charge in [-0.25, -0.2) is 4.68 Å². The van der Waals surface area contributed by atoms with Gasteiger partial charge in [-0.1, -0.05) is 12.1 Å². The van der Waals surface area contributed by atoms with Crippen LogP contribution < -0.4 is 0 Å². The first kappa shape index (κ1) is 11.1. The molecule has 0 fully saturated rings. The molecule has 6 heteroatoms. The number of para-hydroxylation sites is 1. The van der Waals surface area contributed by atoms with Gasteiger partial charge in [-0.05, 0) is 35.1 Å². The van der Waals surface area contributed by atoms with E-state index >= 15 is 0 Å². The van der Waals surface area contributed by atoms with Crippen LogP contribution in [0.5, 0.6) is 0 Å². The first-order valence-electron chi connectivity index (χ1n) is 4.54. The molecule has 0 unspecified atom stereocenters. The van der Waals surface area contributed by atoms with Gasteiger partial charge in [0.1, 0.15) is 5.69 Å². The smallest absolute Gasteiger partial charge is 0.258 e. The van der Waals surface area contributed by atoms with Crippen LogP contribution in [0, 0.1) is 20.6 Å². The molecule has 1 heterocycles. The number of hydrogen-bond acceptors (Lipinski definition) is 3. The molecule has 0 radical (unpaired) electrons. The van der Waals surface area contributed by atoms with Crippen LogP contribution in [0.4, 0.5) is 5.69 Å². The molecule has 0 saturated carbocycles. The number of nitrogens with zero attached hydrogens (tertiary/aromatic N) is 3. The lowest BCUT2D eigenvalue weighted by Gasteiger charge is -2.05. The molecule has 0 N–H and O–H groups in total. The highest BCUT2D eigenvalue weighted by Gasteiger charge is 2.17. The van der Waals surface area contributed by atoms with Crippen LogP contribution in [-0.4, -0.2) is 14.7 Å². The Bertz CT molecular complexity index is 551. The highest BCUT2D eigenvalue weighted by molar-refractivity contribution is 14.1. The van der Waals surface area contributed by atoms with Crippen LogP contribution in [0.3, 0.4) is 0 Å². The van der Waals surface area contributed by atoms with Crippen molar-refractivity contribution in [3.8, 4) is 5.69 Å². The number of rotatable bonds is 2. The molecule has 2 rings (SSSR count). The second-order valence-electron chi connectivity index (χ2n) is 3.30. The number of benzene rings is 1. The van der Waals surface area contributed by atoms with Gasteiger partial charge >= 0.3 is 0 Å². The average Bonchev–Trinajstić information content (AvgIpc) is 2.64. The van der Waals surface area contributed by atoms with Gasteiger partial charge in [0.2, 0.25) is 0 Å². The largest absolute Gasteiger partial charge is 0.295 e. The Labute approximate surface area is 105 Å². The summed E-state index contributed by atoms with van der Waals surface area (Å²) >= 11 is 2.11. The Morgan fingerprint density at radius 1 is 1.50 bits per heavy atom. The number of hydrogen-bond donors (Lipinski definition) is 0. The van der Waals surface area contributed by atoms with E-state index in [-0.39, 0.29) is 5.69 Å². The molecule has 0 aliphatic rings. The number of aryl methyl sites for hydroxylation is 1. The third kappa shape index (κ3) is 1.92. The van der Waals surface area contributed by atoms with Gasteiger partial charge in [0.05, 0.1) is 14.7 Å². The maximum absolute atomic E-state index is 10.9. The summed E-state index contributed by atoms with van der Waals surface area (Å²) in [5.74, 6) is 0. The van der Waals surface area contributed by atoms with Crippen molar-refractivity contribution in [2.75, 3.05) is 0 Å². The van der Waals surface area contributed by atoms with E-state index in [1.165, 1.54) is 10.7 Å². The Hall–Kier alpha value is -1.44. The van der Waals surface area contributed by atoms with E-state index in [0.29, 0.717) is 5.69 Å². The van der Waals surface area contributed by atoms with Gasteiger partial charge < -0.3 is 0 Å². The molecule has 0 aliphatic heterocycles. The number of nitro benzene ring substituents is 1. The lowest BCUT2D eigenvalue weighted by atomic mass is 10.1. The van der Waals surface area contributed by atoms with Crippen molar-refractivity contribution in [3.05, 3.63) is 49.8 Å². The second-order valence-corrected chi connectivity index (χ2v) is 4.55. The molecule has 0 atom stereocenters. The molecule has 5 nitrogen and oxygen atoms in total. The van der Waals surface area contributed by atoms with E-state index in [9.17, 15) is 10.1 Å².